The first-order valence-electron chi connectivity index (χ1n) is 6.74. The lowest BCUT2D eigenvalue weighted by Gasteiger charge is -2.26. The summed E-state index contributed by atoms with van der Waals surface area (Å²) in [6.07, 6.45) is 3.24. The average molecular weight is 243 g/mol. The van der Waals surface area contributed by atoms with Crippen LogP contribution in [0.1, 0.15) is 38.8 Å². The zero-order valence-electron chi connectivity index (χ0n) is 11.2. The van der Waals surface area contributed by atoms with Gasteiger partial charge in [0.25, 0.3) is 0 Å². The largest absolute Gasteiger partial charge is 0.389 e. The molecule has 1 heterocycles. The molecule has 2 rings (SSSR count). The van der Waals surface area contributed by atoms with E-state index in [0.717, 1.165) is 35.9 Å². The summed E-state index contributed by atoms with van der Waals surface area (Å²) in [6.45, 7) is 4.14. The van der Waals surface area contributed by atoms with Crippen LogP contribution in [0.5, 0.6) is 0 Å². The van der Waals surface area contributed by atoms with Gasteiger partial charge in [-0.05, 0) is 25.0 Å². The van der Waals surface area contributed by atoms with Crippen molar-refractivity contribution in [2.75, 3.05) is 0 Å². The molecule has 0 aliphatic heterocycles. The van der Waals surface area contributed by atoms with E-state index in [0.29, 0.717) is 6.42 Å². The molecular formula is C16H21NO. The minimum absolute atomic E-state index is 0.607. The van der Waals surface area contributed by atoms with E-state index in [1.807, 2.05) is 31.2 Å². The first kappa shape index (κ1) is 13.0. The van der Waals surface area contributed by atoms with E-state index in [1.54, 1.807) is 0 Å². The molecule has 0 aliphatic carbocycles. The number of rotatable bonds is 5. The minimum atomic E-state index is -0.607. The molecule has 1 unspecified atom stereocenters. The molecule has 0 aliphatic rings. The van der Waals surface area contributed by atoms with Crippen LogP contribution in [0.15, 0.2) is 36.4 Å². The zero-order chi connectivity index (χ0) is 13.0. The van der Waals surface area contributed by atoms with Gasteiger partial charge in [0.2, 0.25) is 0 Å². The summed E-state index contributed by atoms with van der Waals surface area (Å²) in [6, 6.07) is 12.2. The Morgan fingerprint density at radius 1 is 1.11 bits per heavy atom. The summed E-state index contributed by atoms with van der Waals surface area (Å²) in [5.41, 5.74) is 1.38. The number of benzene rings is 1. The predicted molar refractivity (Wildman–Crippen MR) is 75.6 cm³/mol. The van der Waals surface area contributed by atoms with Gasteiger partial charge in [0, 0.05) is 17.5 Å². The first-order chi connectivity index (χ1) is 8.67. The molecule has 0 amide bonds. The molecule has 1 atom stereocenters. The fourth-order valence-electron chi connectivity index (χ4n) is 2.40. The van der Waals surface area contributed by atoms with Crippen LogP contribution in [0, 0.1) is 0 Å². The molecule has 2 aromatic rings. The van der Waals surface area contributed by atoms with E-state index >= 15 is 0 Å². The number of pyridine rings is 1. The summed E-state index contributed by atoms with van der Waals surface area (Å²) in [7, 11) is 0. The molecule has 0 saturated carbocycles. The lowest BCUT2D eigenvalue weighted by atomic mass is 9.89. The smallest absolute Gasteiger partial charge is 0.0705 e. The highest BCUT2D eigenvalue weighted by Gasteiger charge is 2.24. The Labute approximate surface area is 109 Å². The summed E-state index contributed by atoms with van der Waals surface area (Å²) >= 11 is 0. The third kappa shape index (κ3) is 2.88. The first-order valence-corrected chi connectivity index (χ1v) is 6.74. The molecule has 1 aromatic heterocycles. The van der Waals surface area contributed by atoms with E-state index < -0.39 is 5.60 Å². The molecule has 1 aromatic carbocycles. The van der Waals surface area contributed by atoms with E-state index in [9.17, 15) is 5.11 Å². The van der Waals surface area contributed by atoms with Crippen LogP contribution >= 0.6 is 0 Å². The summed E-state index contributed by atoms with van der Waals surface area (Å²) in [5.74, 6) is 0. The maximum Gasteiger partial charge on any atom is 0.0705 e. The topological polar surface area (TPSA) is 33.1 Å². The van der Waals surface area contributed by atoms with E-state index in [1.165, 1.54) is 0 Å². The Balaban J connectivity index is 2.26. The van der Waals surface area contributed by atoms with Crippen molar-refractivity contribution in [3.8, 4) is 0 Å². The van der Waals surface area contributed by atoms with Crippen LogP contribution in [-0.2, 0) is 6.42 Å². The second-order valence-corrected chi connectivity index (χ2v) is 5.00. The maximum atomic E-state index is 10.5. The Hall–Kier alpha value is -1.41. The fourth-order valence-corrected chi connectivity index (χ4v) is 2.40. The molecule has 0 saturated heterocycles. The number of fused-ring (bicyclic) bond motifs is 1. The van der Waals surface area contributed by atoms with Gasteiger partial charge >= 0.3 is 0 Å². The monoisotopic (exact) mass is 243 g/mol. The third-order valence-electron chi connectivity index (χ3n) is 3.54. The van der Waals surface area contributed by atoms with Crippen molar-refractivity contribution in [3.05, 3.63) is 42.1 Å². The van der Waals surface area contributed by atoms with Crippen molar-refractivity contribution in [2.45, 2.75) is 45.1 Å². The summed E-state index contributed by atoms with van der Waals surface area (Å²) < 4.78 is 0. The van der Waals surface area contributed by atoms with Crippen molar-refractivity contribution in [1.82, 2.24) is 4.98 Å². The van der Waals surface area contributed by atoms with Crippen LogP contribution < -0.4 is 0 Å². The normalized spacial score (nSPS) is 14.6. The maximum absolute atomic E-state index is 10.5. The second-order valence-electron chi connectivity index (χ2n) is 5.00. The van der Waals surface area contributed by atoms with Crippen molar-refractivity contribution in [2.24, 2.45) is 0 Å². The van der Waals surface area contributed by atoms with E-state index in [4.69, 9.17) is 0 Å². The second kappa shape index (κ2) is 5.49. The number of para-hydroxylation sites is 1. The quantitative estimate of drug-likeness (QED) is 0.868. The summed E-state index contributed by atoms with van der Waals surface area (Å²) in [5, 5.41) is 11.7. The Kier molecular flexibility index (Phi) is 3.97. The Morgan fingerprint density at radius 2 is 1.89 bits per heavy atom. The molecule has 2 nitrogen and oxygen atoms in total. The molecule has 0 fully saturated rings. The highest BCUT2D eigenvalue weighted by atomic mass is 16.3. The van der Waals surface area contributed by atoms with E-state index in [2.05, 4.69) is 24.0 Å². The van der Waals surface area contributed by atoms with Gasteiger partial charge in [-0.1, -0.05) is 44.5 Å². The van der Waals surface area contributed by atoms with Crippen molar-refractivity contribution in [1.29, 1.82) is 0 Å². The van der Waals surface area contributed by atoms with E-state index in [-0.39, 0.29) is 0 Å². The number of hydrogen-bond acceptors (Lipinski definition) is 2. The molecule has 96 valence electrons. The van der Waals surface area contributed by atoms with Gasteiger partial charge in [0.05, 0.1) is 11.1 Å². The summed E-state index contributed by atoms with van der Waals surface area (Å²) in [4.78, 5) is 4.63. The number of aliphatic hydroxyl groups is 1. The van der Waals surface area contributed by atoms with Gasteiger partial charge < -0.3 is 5.11 Å². The van der Waals surface area contributed by atoms with Crippen molar-refractivity contribution >= 4 is 10.9 Å². The molecule has 2 heteroatoms. The van der Waals surface area contributed by atoms with Crippen molar-refractivity contribution < 1.29 is 5.11 Å². The van der Waals surface area contributed by atoms with Gasteiger partial charge in [-0.15, -0.1) is 0 Å². The number of hydrogen-bond donors (Lipinski definition) is 1. The highest BCUT2D eigenvalue weighted by molar-refractivity contribution is 5.78. The highest BCUT2D eigenvalue weighted by Crippen LogP contribution is 2.23. The lowest BCUT2D eigenvalue weighted by Crippen LogP contribution is -2.30. The Bertz CT molecular complexity index is 523. The fraction of sp³-hybridized carbons (Fsp3) is 0.438. The molecular weight excluding hydrogens is 222 g/mol. The third-order valence-corrected chi connectivity index (χ3v) is 3.54. The SMILES string of the molecule is CCCC(O)(CC)Cc1ccc2ccccc2n1. The molecule has 0 spiro atoms. The molecule has 0 bridgehead atoms. The van der Waals surface area contributed by atoms with Crippen molar-refractivity contribution in [3.63, 3.8) is 0 Å². The van der Waals surface area contributed by atoms with Crippen LogP contribution in [-0.4, -0.2) is 15.7 Å². The number of nitrogens with zero attached hydrogens (tertiary/aromatic N) is 1. The standard InChI is InChI=1S/C16H21NO/c1-3-11-16(18,4-2)12-14-10-9-13-7-5-6-8-15(13)17-14/h5-10,18H,3-4,11-12H2,1-2H3. The van der Waals surface area contributed by atoms with Crippen LogP contribution in [0.25, 0.3) is 10.9 Å². The Morgan fingerprint density at radius 3 is 2.61 bits per heavy atom. The van der Waals surface area contributed by atoms with Crippen LogP contribution in [0.4, 0.5) is 0 Å². The van der Waals surface area contributed by atoms with Gasteiger partial charge in [0.15, 0.2) is 0 Å². The molecule has 18 heavy (non-hydrogen) atoms. The lowest BCUT2D eigenvalue weighted by molar-refractivity contribution is 0.0262. The van der Waals surface area contributed by atoms with Gasteiger partial charge in [0.1, 0.15) is 0 Å². The molecule has 1 N–H and O–H groups in total. The minimum Gasteiger partial charge on any atom is -0.389 e. The predicted octanol–water partition coefficient (Wildman–Crippen LogP) is 3.72. The molecule has 0 radical (unpaired) electrons. The van der Waals surface area contributed by atoms with Gasteiger partial charge in [-0.3, -0.25) is 4.98 Å². The van der Waals surface area contributed by atoms with Crippen LogP contribution in [0.3, 0.4) is 0 Å². The van der Waals surface area contributed by atoms with Gasteiger partial charge in [-0.25, -0.2) is 0 Å². The average Bonchev–Trinajstić information content (AvgIpc) is 2.39. The zero-order valence-corrected chi connectivity index (χ0v) is 11.2. The number of aromatic nitrogens is 1. The van der Waals surface area contributed by atoms with Crippen LogP contribution in [0.2, 0.25) is 0 Å². The van der Waals surface area contributed by atoms with Gasteiger partial charge in [-0.2, -0.15) is 0 Å².